The molecule has 2 heterocycles. The molecule has 0 radical (unpaired) electrons. The molecule has 1 unspecified atom stereocenters. The maximum absolute atomic E-state index is 6.13. The fourth-order valence-electron chi connectivity index (χ4n) is 4.24. The summed E-state index contributed by atoms with van der Waals surface area (Å²) in [6.07, 6.45) is 2.54. The molecule has 0 bridgehead atoms. The quantitative estimate of drug-likeness (QED) is 0.760. The van der Waals surface area contributed by atoms with Gasteiger partial charge in [-0.25, -0.2) is 0 Å². The van der Waals surface area contributed by atoms with E-state index in [1.807, 2.05) is 0 Å². The first kappa shape index (κ1) is 18.6. The molecule has 2 N–H and O–H groups in total. The lowest BCUT2D eigenvalue weighted by Gasteiger charge is -2.32. The number of rotatable bonds is 7. The second-order valence-corrected chi connectivity index (χ2v) is 7.81. The van der Waals surface area contributed by atoms with Crippen LogP contribution in [0.5, 0.6) is 0 Å². The van der Waals surface area contributed by atoms with Crippen molar-refractivity contribution in [2.45, 2.75) is 25.4 Å². The van der Waals surface area contributed by atoms with Crippen molar-refractivity contribution in [3.63, 3.8) is 0 Å². The Morgan fingerprint density at radius 1 is 1.08 bits per heavy atom. The summed E-state index contributed by atoms with van der Waals surface area (Å²) < 4.78 is 0. The van der Waals surface area contributed by atoms with Crippen LogP contribution in [0.2, 0.25) is 0 Å². The molecule has 0 amide bonds. The van der Waals surface area contributed by atoms with Crippen LogP contribution in [-0.2, 0) is 6.54 Å². The summed E-state index contributed by atoms with van der Waals surface area (Å²) in [5.74, 6) is 0. The third kappa shape index (κ3) is 4.34. The smallest absolute Gasteiger partial charge is 0.0478 e. The molecule has 1 aromatic rings. The summed E-state index contributed by atoms with van der Waals surface area (Å²) in [7, 11) is 6.48. The Balaban J connectivity index is 1.51. The van der Waals surface area contributed by atoms with Gasteiger partial charge in [0.15, 0.2) is 0 Å². The molecule has 1 fully saturated rings. The van der Waals surface area contributed by atoms with Crippen LogP contribution >= 0.6 is 0 Å². The average Bonchev–Trinajstić information content (AvgIpc) is 2.97. The van der Waals surface area contributed by atoms with Crippen molar-refractivity contribution in [2.24, 2.45) is 5.73 Å². The lowest BCUT2D eigenvalue weighted by molar-refractivity contribution is 0.148. The molecule has 25 heavy (non-hydrogen) atoms. The fraction of sp³-hybridized carbons (Fsp3) is 0.700. The highest BCUT2D eigenvalue weighted by Crippen LogP contribution is 2.38. The van der Waals surface area contributed by atoms with E-state index in [0.29, 0.717) is 12.6 Å². The highest BCUT2D eigenvalue weighted by molar-refractivity contribution is 5.58. The molecule has 0 aromatic heterocycles. The highest BCUT2D eigenvalue weighted by atomic mass is 15.2. The largest absolute Gasteiger partial charge is 0.377 e. The molecule has 1 aromatic carbocycles. The van der Waals surface area contributed by atoms with Gasteiger partial charge in [0.1, 0.15) is 0 Å². The number of unbranched alkanes of at least 4 members (excludes halogenated alkanes) is 1. The number of likely N-dealkylation sites (N-methyl/N-ethyl adjacent to an activating group) is 1. The molecule has 1 saturated heterocycles. The molecular formula is C20H35N5. The van der Waals surface area contributed by atoms with Gasteiger partial charge in [-0.3, -0.25) is 4.90 Å². The number of piperazine rings is 1. The number of hydrogen-bond donors (Lipinski definition) is 1. The van der Waals surface area contributed by atoms with Crippen molar-refractivity contribution < 1.29 is 0 Å². The SMILES string of the molecule is CN1CCN(CCCCN2Cc3c(cccc3N(C)C)C2CN)CC1. The number of anilines is 1. The van der Waals surface area contributed by atoms with Gasteiger partial charge < -0.3 is 20.4 Å². The topological polar surface area (TPSA) is 39.0 Å². The number of nitrogens with two attached hydrogens (primary N) is 1. The number of hydrogen-bond acceptors (Lipinski definition) is 5. The van der Waals surface area contributed by atoms with Gasteiger partial charge in [0.25, 0.3) is 0 Å². The van der Waals surface area contributed by atoms with E-state index in [1.54, 1.807) is 0 Å². The Labute approximate surface area is 153 Å². The normalized spacial score (nSPS) is 22.3. The lowest BCUT2D eigenvalue weighted by Crippen LogP contribution is -2.44. The molecule has 0 spiro atoms. The summed E-state index contributed by atoms with van der Waals surface area (Å²) in [6.45, 7) is 9.02. The Morgan fingerprint density at radius 3 is 2.48 bits per heavy atom. The van der Waals surface area contributed by atoms with Gasteiger partial charge in [-0.1, -0.05) is 12.1 Å². The van der Waals surface area contributed by atoms with Crippen LogP contribution in [0.25, 0.3) is 0 Å². The van der Waals surface area contributed by atoms with E-state index in [1.165, 1.54) is 62.4 Å². The second-order valence-electron chi connectivity index (χ2n) is 7.81. The molecule has 2 aliphatic rings. The van der Waals surface area contributed by atoms with Gasteiger partial charge in [-0.05, 0) is 50.2 Å². The molecule has 0 saturated carbocycles. The first-order chi connectivity index (χ1) is 12.1. The van der Waals surface area contributed by atoms with Crippen LogP contribution in [-0.4, -0.2) is 81.7 Å². The fourth-order valence-corrected chi connectivity index (χ4v) is 4.24. The monoisotopic (exact) mass is 345 g/mol. The van der Waals surface area contributed by atoms with Crippen LogP contribution in [0, 0.1) is 0 Å². The molecule has 5 heteroatoms. The molecule has 0 aliphatic carbocycles. The molecule has 2 aliphatic heterocycles. The summed E-state index contributed by atoms with van der Waals surface area (Å²) in [6, 6.07) is 7.06. The van der Waals surface area contributed by atoms with Gasteiger partial charge in [-0.15, -0.1) is 0 Å². The van der Waals surface area contributed by atoms with Crippen molar-refractivity contribution in [1.82, 2.24) is 14.7 Å². The first-order valence-corrected chi connectivity index (χ1v) is 9.74. The van der Waals surface area contributed by atoms with Crippen molar-refractivity contribution in [1.29, 1.82) is 0 Å². The molecule has 140 valence electrons. The van der Waals surface area contributed by atoms with E-state index >= 15 is 0 Å². The minimum Gasteiger partial charge on any atom is -0.377 e. The Bertz CT molecular complexity index is 551. The summed E-state index contributed by atoms with van der Waals surface area (Å²) in [4.78, 5) is 9.85. The average molecular weight is 346 g/mol. The number of benzene rings is 1. The Hall–Kier alpha value is -1.14. The van der Waals surface area contributed by atoms with Crippen molar-refractivity contribution in [2.75, 3.05) is 71.9 Å². The van der Waals surface area contributed by atoms with E-state index in [0.717, 1.165) is 13.1 Å². The van der Waals surface area contributed by atoms with Crippen molar-refractivity contribution in [3.05, 3.63) is 29.3 Å². The number of nitrogens with zero attached hydrogens (tertiary/aromatic N) is 4. The maximum Gasteiger partial charge on any atom is 0.0478 e. The highest BCUT2D eigenvalue weighted by Gasteiger charge is 2.30. The standard InChI is InChI=1S/C20H35N5/c1-22(2)19-8-6-7-17-18(19)16-25(20(17)15-21)10-5-4-9-24-13-11-23(3)12-14-24/h6-8,20H,4-5,9-16,21H2,1-3H3. The minimum atomic E-state index is 0.388. The Morgan fingerprint density at radius 2 is 1.80 bits per heavy atom. The summed E-state index contributed by atoms with van der Waals surface area (Å²) >= 11 is 0. The maximum atomic E-state index is 6.13. The first-order valence-electron chi connectivity index (χ1n) is 9.74. The zero-order valence-electron chi connectivity index (χ0n) is 16.2. The van der Waals surface area contributed by atoms with Crippen LogP contribution in [0.3, 0.4) is 0 Å². The predicted molar refractivity (Wildman–Crippen MR) is 106 cm³/mol. The van der Waals surface area contributed by atoms with Crippen LogP contribution in [0.1, 0.15) is 30.0 Å². The minimum absolute atomic E-state index is 0.388. The van der Waals surface area contributed by atoms with Gasteiger partial charge in [0.2, 0.25) is 0 Å². The lowest BCUT2D eigenvalue weighted by atomic mass is 10.0. The molecule has 1 atom stereocenters. The zero-order valence-corrected chi connectivity index (χ0v) is 16.2. The van der Waals surface area contributed by atoms with Crippen LogP contribution in [0.15, 0.2) is 18.2 Å². The van der Waals surface area contributed by atoms with E-state index in [2.05, 4.69) is 58.9 Å². The van der Waals surface area contributed by atoms with Crippen LogP contribution in [0.4, 0.5) is 5.69 Å². The predicted octanol–water partition coefficient (Wildman–Crippen LogP) is 1.60. The molecule has 5 nitrogen and oxygen atoms in total. The zero-order chi connectivity index (χ0) is 17.8. The molecule has 3 rings (SSSR count). The van der Waals surface area contributed by atoms with E-state index in [9.17, 15) is 0 Å². The summed E-state index contributed by atoms with van der Waals surface area (Å²) in [5, 5.41) is 0. The van der Waals surface area contributed by atoms with Gasteiger partial charge in [0, 0.05) is 65.1 Å². The van der Waals surface area contributed by atoms with Crippen molar-refractivity contribution in [3.8, 4) is 0 Å². The van der Waals surface area contributed by atoms with E-state index < -0.39 is 0 Å². The Kier molecular flexibility index (Phi) is 6.34. The third-order valence-corrected chi connectivity index (χ3v) is 5.82. The van der Waals surface area contributed by atoms with E-state index in [-0.39, 0.29) is 0 Å². The van der Waals surface area contributed by atoms with Gasteiger partial charge in [0.05, 0.1) is 0 Å². The third-order valence-electron chi connectivity index (χ3n) is 5.82. The second kappa shape index (κ2) is 8.49. The van der Waals surface area contributed by atoms with Crippen LogP contribution < -0.4 is 10.6 Å². The summed E-state index contributed by atoms with van der Waals surface area (Å²) in [5.41, 5.74) is 10.4. The molecular weight excluding hydrogens is 310 g/mol. The number of fused-ring (bicyclic) bond motifs is 1. The van der Waals surface area contributed by atoms with Gasteiger partial charge in [-0.2, -0.15) is 0 Å². The van der Waals surface area contributed by atoms with E-state index in [4.69, 9.17) is 5.73 Å². The van der Waals surface area contributed by atoms with Crippen molar-refractivity contribution >= 4 is 5.69 Å². The van der Waals surface area contributed by atoms with Gasteiger partial charge >= 0.3 is 0 Å².